The lowest BCUT2D eigenvalue weighted by atomic mass is 9.87. The second-order valence-electron chi connectivity index (χ2n) is 5.07. The lowest BCUT2D eigenvalue weighted by molar-refractivity contribution is 0.345. The molecule has 100 valence electrons. The van der Waals surface area contributed by atoms with E-state index in [0.717, 1.165) is 18.9 Å². The molecule has 0 amide bonds. The molecular weight excluding hydrogens is 295 g/mol. The number of anilines is 2. The van der Waals surface area contributed by atoms with Gasteiger partial charge in [0.1, 0.15) is 5.82 Å². The van der Waals surface area contributed by atoms with Crippen molar-refractivity contribution >= 4 is 27.3 Å². The van der Waals surface area contributed by atoms with Crippen molar-refractivity contribution in [3.8, 4) is 0 Å². The summed E-state index contributed by atoms with van der Waals surface area (Å²) in [6.45, 7) is 0.871. The molecule has 0 atom stereocenters. The summed E-state index contributed by atoms with van der Waals surface area (Å²) in [7, 11) is 0. The van der Waals surface area contributed by atoms with Crippen LogP contribution in [0.5, 0.6) is 0 Å². The number of nitrogens with two attached hydrogens (primary N) is 1. The molecule has 1 aliphatic rings. The molecule has 0 unspecified atom stereocenters. The summed E-state index contributed by atoms with van der Waals surface area (Å²) < 4.78 is 13.8. The van der Waals surface area contributed by atoms with Crippen molar-refractivity contribution in [2.75, 3.05) is 17.6 Å². The summed E-state index contributed by atoms with van der Waals surface area (Å²) >= 11 is 3.13. The van der Waals surface area contributed by atoms with Crippen LogP contribution in [0.15, 0.2) is 16.6 Å². The lowest BCUT2D eigenvalue weighted by Crippen LogP contribution is -2.13. The van der Waals surface area contributed by atoms with Crippen molar-refractivity contribution in [1.29, 1.82) is 0 Å². The molecule has 18 heavy (non-hydrogen) atoms. The van der Waals surface area contributed by atoms with Gasteiger partial charge in [0, 0.05) is 12.6 Å². The van der Waals surface area contributed by atoms with Crippen molar-refractivity contribution in [3.05, 3.63) is 22.4 Å². The Morgan fingerprint density at radius 1 is 1.28 bits per heavy atom. The number of hydrogen-bond donors (Lipinski definition) is 2. The average molecular weight is 315 g/mol. The predicted molar refractivity (Wildman–Crippen MR) is 78.2 cm³/mol. The smallest absolute Gasteiger partial charge is 0.139 e. The monoisotopic (exact) mass is 314 g/mol. The summed E-state index contributed by atoms with van der Waals surface area (Å²) in [5.74, 6) is 0.553. The summed E-state index contributed by atoms with van der Waals surface area (Å²) in [4.78, 5) is 0. The van der Waals surface area contributed by atoms with E-state index in [0.29, 0.717) is 15.8 Å². The molecule has 0 aliphatic heterocycles. The Hall–Kier alpha value is -0.770. The summed E-state index contributed by atoms with van der Waals surface area (Å²) in [6.07, 6.45) is 7.93. The number of nitrogen functional groups attached to an aromatic ring is 1. The molecule has 0 heterocycles. The first-order chi connectivity index (χ1) is 8.66. The Kier molecular flexibility index (Phi) is 4.87. The fourth-order valence-corrected chi connectivity index (χ4v) is 2.96. The van der Waals surface area contributed by atoms with E-state index in [1.165, 1.54) is 38.2 Å². The maximum absolute atomic E-state index is 13.4. The van der Waals surface area contributed by atoms with Gasteiger partial charge in [-0.05, 0) is 34.3 Å². The van der Waals surface area contributed by atoms with Gasteiger partial charge in [0.25, 0.3) is 0 Å². The molecule has 1 saturated carbocycles. The van der Waals surface area contributed by atoms with Crippen molar-refractivity contribution < 1.29 is 4.39 Å². The maximum Gasteiger partial charge on any atom is 0.139 e. The van der Waals surface area contributed by atoms with Crippen LogP contribution >= 0.6 is 15.9 Å². The number of benzene rings is 1. The van der Waals surface area contributed by atoms with Gasteiger partial charge in [-0.1, -0.05) is 32.1 Å². The molecule has 1 aromatic carbocycles. The fourth-order valence-electron chi connectivity index (χ4n) is 2.60. The van der Waals surface area contributed by atoms with Gasteiger partial charge in [-0.3, -0.25) is 0 Å². The number of nitrogens with one attached hydrogen (secondary N) is 1. The summed E-state index contributed by atoms with van der Waals surface area (Å²) in [5, 5.41) is 3.24. The average Bonchev–Trinajstić information content (AvgIpc) is 2.37. The van der Waals surface area contributed by atoms with E-state index in [-0.39, 0.29) is 5.82 Å². The zero-order valence-corrected chi connectivity index (χ0v) is 12.1. The van der Waals surface area contributed by atoms with Gasteiger partial charge < -0.3 is 11.1 Å². The first-order valence-electron chi connectivity index (χ1n) is 6.65. The molecule has 0 bridgehead atoms. The zero-order chi connectivity index (χ0) is 13.0. The fraction of sp³-hybridized carbons (Fsp3) is 0.571. The van der Waals surface area contributed by atoms with Gasteiger partial charge in [-0.15, -0.1) is 0 Å². The van der Waals surface area contributed by atoms with Crippen LogP contribution in [-0.2, 0) is 0 Å². The molecule has 3 N–H and O–H groups in total. The second-order valence-corrected chi connectivity index (χ2v) is 5.93. The third-order valence-corrected chi connectivity index (χ3v) is 4.29. The second kappa shape index (κ2) is 6.41. The van der Waals surface area contributed by atoms with Crippen LogP contribution < -0.4 is 11.1 Å². The van der Waals surface area contributed by atoms with E-state index >= 15 is 0 Å². The predicted octanol–water partition coefficient (Wildman–Crippen LogP) is 4.55. The SMILES string of the molecule is Nc1cc(Br)c(F)cc1NCCC1CCCCC1. The van der Waals surface area contributed by atoms with E-state index in [2.05, 4.69) is 21.2 Å². The number of rotatable bonds is 4. The van der Waals surface area contributed by atoms with Gasteiger partial charge >= 0.3 is 0 Å². The van der Waals surface area contributed by atoms with Crippen LogP contribution in [0.2, 0.25) is 0 Å². The van der Waals surface area contributed by atoms with Crippen LogP contribution in [0.25, 0.3) is 0 Å². The Balaban J connectivity index is 1.84. The molecule has 4 heteroatoms. The van der Waals surface area contributed by atoms with Gasteiger partial charge in [-0.2, -0.15) is 0 Å². The van der Waals surface area contributed by atoms with E-state index in [4.69, 9.17) is 5.73 Å². The third kappa shape index (κ3) is 3.61. The van der Waals surface area contributed by atoms with Crippen LogP contribution in [0.4, 0.5) is 15.8 Å². The van der Waals surface area contributed by atoms with Crippen molar-refractivity contribution in [2.45, 2.75) is 38.5 Å². The Bertz CT molecular complexity index is 403. The topological polar surface area (TPSA) is 38.0 Å². The molecular formula is C14H20BrFN2. The molecule has 2 rings (SSSR count). The first-order valence-corrected chi connectivity index (χ1v) is 7.44. The van der Waals surface area contributed by atoms with E-state index in [1.54, 1.807) is 6.07 Å². The zero-order valence-electron chi connectivity index (χ0n) is 10.5. The Morgan fingerprint density at radius 3 is 2.72 bits per heavy atom. The van der Waals surface area contributed by atoms with Gasteiger partial charge in [-0.25, -0.2) is 4.39 Å². The highest BCUT2D eigenvalue weighted by Crippen LogP contribution is 2.28. The largest absolute Gasteiger partial charge is 0.397 e. The Morgan fingerprint density at radius 2 is 2.00 bits per heavy atom. The van der Waals surface area contributed by atoms with Crippen LogP contribution in [0.1, 0.15) is 38.5 Å². The van der Waals surface area contributed by atoms with Gasteiger partial charge in [0.2, 0.25) is 0 Å². The third-order valence-electron chi connectivity index (χ3n) is 3.69. The lowest BCUT2D eigenvalue weighted by Gasteiger charge is -2.22. The molecule has 2 nitrogen and oxygen atoms in total. The van der Waals surface area contributed by atoms with Crippen LogP contribution in [0.3, 0.4) is 0 Å². The minimum Gasteiger partial charge on any atom is -0.397 e. The minimum atomic E-state index is -0.274. The van der Waals surface area contributed by atoms with E-state index < -0.39 is 0 Å². The molecule has 1 aromatic rings. The minimum absolute atomic E-state index is 0.274. The summed E-state index contributed by atoms with van der Waals surface area (Å²) in [5.41, 5.74) is 7.14. The van der Waals surface area contributed by atoms with Gasteiger partial charge in [0.05, 0.1) is 15.8 Å². The van der Waals surface area contributed by atoms with Crippen LogP contribution in [-0.4, -0.2) is 6.54 Å². The molecule has 0 saturated heterocycles. The van der Waals surface area contributed by atoms with Crippen molar-refractivity contribution in [2.24, 2.45) is 5.92 Å². The Labute approximate surface area is 116 Å². The van der Waals surface area contributed by atoms with Crippen molar-refractivity contribution in [1.82, 2.24) is 0 Å². The number of halogens is 2. The first kappa shape index (κ1) is 13.7. The molecule has 1 aliphatic carbocycles. The molecule has 0 spiro atoms. The molecule has 0 radical (unpaired) electrons. The van der Waals surface area contributed by atoms with Gasteiger partial charge in [0.15, 0.2) is 0 Å². The summed E-state index contributed by atoms with van der Waals surface area (Å²) in [6, 6.07) is 3.07. The number of hydrogen-bond acceptors (Lipinski definition) is 2. The van der Waals surface area contributed by atoms with E-state index in [1.807, 2.05) is 0 Å². The normalized spacial score (nSPS) is 16.8. The standard InChI is InChI=1S/C14H20BrFN2/c15-11-8-13(17)14(9-12(11)16)18-7-6-10-4-2-1-3-5-10/h8-10,18H,1-7,17H2. The van der Waals surface area contributed by atoms with Crippen molar-refractivity contribution in [3.63, 3.8) is 0 Å². The maximum atomic E-state index is 13.4. The highest BCUT2D eigenvalue weighted by atomic mass is 79.9. The highest BCUT2D eigenvalue weighted by Gasteiger charge is 2.13. The van der Waals surface area contributed by atoms with Crippen LogP contribution in [0, 0.1) is 11.7 Å². The molecule has 1 fully saturated rings. The van der Waals surface area contributed by atoms with E-state index in [9.17, 15) is 4.39 Å². The highest BCUT2D eigenvalue weighted by molar-refractivity contribution is 9.10. The molecule has 0 aromatic heterocycles. The quantitative estimate of drug-likeness (QED) is 0.800.